The molecule has 142 valence electrons. The van der Waals surface area contributed by atoms with Gasteiger partial charge in [-0.05, 0) is 32.7 Å². The number of morpholine rings is 1. The van der Waals surface area contributed by atoms with Crippen LogP contribution in [0, 0.1) is 0 Å². The summed E-state index contributed by atoms with van der Waals surface area (Å²) in [5.74, 6) is 0.381. The molecule has 3 aliphatic rings. The van der Waals surface area contributed by atoms with Crippen LogP contribution in [0.5, 0.6) is 0 Å². The Hall–Kier alpha value is -0.0700. The van der Waals surface area contributed by atoms with E-state index in [2.05, 4.69) is 15.1 Å². The molecule has 0 aromatic rings. The Morgan fingerprint density at radius 2 is 1.79 bits per heavy atom. The summed E-state index contributed by atoms with van der Waals surface area (Å²) in [6, 6.07) is 0.403. The fourth-order valence-electron chi connectivity index (χ4n) is 4.67. The van der Waals surface area contributed by atoms with Crippen LogP contribution in [-0.2, 0) is 9.53 Å². The smallest absolute Gasteiger partial charge is 0.224 e. The first-order chi connectivity index (χ1) is 10.7. The molecule has 0 radical (unpaired) electrons. The van der Waals surface area contributed by atoms with Crippen LogP contribution in [0.15, 0.2) is 0 Å². The van der Waals surface area contributed by atoms with Gasteiger partial charge in [-0.3, -0.25) is 9.69 Å². The van der Waals surface area contributed by atoms with Crippen molar-refractivity contribution in [3.8, 4) is 0 Å². The Balaban J connectivity index is 0.00000144. The van der Waals surface area contributed by atoms with Crippen LogP contribution in [0.4, 0.5) is 0 Å². The summed E-state index contributed by atoms with van der Waals surface area (Å²) in [5.41, 5.74) is 0.119. The van der Waals surface area contributed by atoms with E-state index in [1.807, 2.05) is 7.05 Å². The van der Waals surface area contributed by atoms with E-state index in [0.717, 1.165) is 52.2 Å². The van der Waals surface area contributed by atoms with Crippen molar-refractivity contribution in [2.75, 3.05) is 46.4 Å². The van der Waals surface area contributed by atoms with Crippen LogP contribution >= 0.6 is 24.8 Å². The summed E-state index contributed by atoms with van der Waals surface area (Å²) >= 11 is 0. The zero-order valence-corrected chi connectivity index (χ0v) is 16.4. The predicted molar refractivity (Wildman–Crippen MR) is 101 cm³/mol. The SMILES string of the molecule is CNCC1CCCN1C(=O)CC1(N2CCOCC2)CCCC1.Cl.Cl. The van der Waals surface area contributed by atoms with Crippen LogP contribution in [0.25, 0.3) is 0 Å². The highest BCUT2D eigenvalue weighted by atomic mass is 35.5. The van der Waals surface area contributed by atoms with E-state index in [1.54, 1.807) is 0 Å². The number of likely N-dealkylation sites (N-methyl/N-ethyl adjacent to an activating group) is 1. The molecule has 3 rings (SSSR count). The van der Waals surface area contributed by atoms with Crippen LogP contribution in [0.2, 0.25) is 0 Å². The van der Waals surface area contributed by atoms with E-state index in [4.69, 9.17) is 4.74 Å². The second-order valence-corrected chi connectivity index (χ2v) is 7.15. The van der Waals surface area contributed by atoms with Gasteiger partial charge >= 0.3 is 0 Å². The number of ether oxygens (including phenoxy) is 1. The Labute approximate surface area is 158 Å². The molecule has 1 amide bonds. The van der Waals surface area contributed by atoms with E-state index >= 15 is 0 Å². The number of halogens is 2. The highest BCUT2D eigenvalue weighted by Crippen LogP contribution is 2.39. The van der Waals surface area contributed by atoms with Crippen LogP contribution in [0.1, 0.15) is 44.9 Å². The topological polar surface area (TPSA) is 44.8 Å². The zero-order valence-electron chi connectivity index (χ0n) is 14.8. The minimum absolute atomic E-state index is 0. The molecule has 1 unspecified atom stereocenters. The highest BCUT2D eigenvalue weighted by molar-refractivity contribution is 5.85. The van der Waals surface area contributed by atoms with Crippen LogP contribution in [0.3, 0.4) is 0 Å². The predicted octanol–water partition coefficient (Wildman–Crippen LogP) is 2.08. The average Bonchev–Trinajstić information content (AvgIpc) is 3.19. The number of hydrogen-bond donors (Lipinski definition) is 1. The number of amides is 1. The Kier molecular flexibility index (Phi) is 9.31. The van der Waals surface area contributed by atoms with E-state index in [9.17, 15) is 4.79 Å². The first-order valence-corrected chi connectivity index (χ1v) is 9.02. The van der Waals surface area contributed by atoms with Crippen molar-refractivity contribution in [2.45, 2.75) is 56.5 Å². The lowest BCUT2D eigenvalue weighted by Crippen LogP contribution is -2.55. The summed E-state index contributed by atoms with van der Waals surface area (Å²) in [7, 11) is 1.98. The molecule has 2 heterocycles. The van der Waals surface area contributed by atoms with Crippen molar-refractivity contribution in [3.05, 3.63) is 0 Å². The molecule has 3 fully saturated rings. The molecular weight excluding hydrogens is 349 g/mol. The quantitative estimate of drug-likeness (QED) is 0.791. The molecule has 2 aliphatic heterocycles. The van der Waals surface area contributed by atoms with Gasteiger partial charge in [0.25, 0.3) is 0 Å². The average molecular weight is 382 g/mol. The number of likely N-dealkylation sites (tertiary alicyclic amines) is 1. The second kappa shape index (κ2) is 10.2. The van der Waals surface area contributed by atoms with Gasteiger partial charge < -0.3 is 15.0 Å². The zero-order chi connectivity index (χ0) is 15.4. The molecule has 0 aromatic heterocycles. The van der Waals surface area contributed by atoms with Crippen LogP contribution < -0.4 is 5.32 Å². The molecule has 0 spiro atoms. The molecule has 7 heteroatoms. The van der Waals surface area contributed by atoms with Crippen molar-refractivity contribution in [1.82, 2.24) is 15.1 Å². The number of nitrogens with one attached hydrogen (secondary N) is 1. The first-order valence-electron chi connectivity index (χ1n) is 9.02. The monoisotopic (exact) mass is 381 g/mol. The molecule has 0 aromatic carbocycles. The van der Waals surface area contributed by atoms with Crippen molar-refractivity contribution < 1.29 is 9.53 Å². The van der Waals surface area contributed by atoms with E-state index in [1.165, 1.54) is 25.7 Å². The Morgan fingerprint density at radius 3 is 2.42 bits per heavy atom. The van der Waals surface area contributed by atoms with Crippen molar-refractivity contribution in [1.29, 1.82) is 0 Å². The Morgan fingerprint density at radius 1 is 1.12 bits per heavy atom. The molecule has 1 aliphatic carbocycles. The summed E-state index contributed by atoms with van der Waals surface area (Å²) in [4.78, 5) is 17.7. The maximum atomic E-state index is 13.0. The molecule has 0 bridgehead atoms. The van der Waals surface area contributed by atoms with Gasteiger partial charge in [-0.25, -0.2) is 0 Å². The summed E-state index contributed by atoms with van der Waals surface area (Å²) in [6.07, 6.45) is 7.93. The van der Waals surface area contributed by atoms with Gasteiger partial charge in [0.15, 0.2) is 0 Å². The Bertz CT molecular complexity index is 386. The van der Waals surface area contributed by atoms with Gasteiger partial charge in [-0.1, -0.05) is 12.8 Å². The molecule has 1 saturated carbocycles. The fraction of sp³-hybridized carbons (Fsp3) is 0.941. The maximum absolute atomic E-state index is 13.0. The lowest BCUT2D eigenvalue weighted by Gasteiger charge is -2.44. The summed E-state index contributed by atoms with van der Waals surface area (Å²) in [6.45, 7) is 5.51. The molecule has 1 N–H and O–H groups in total. The third-order valence-corrected chi connectivity index (χ3v) is 5.83. The molecular formula is C17H33Cl2N3O2. The number of carbonyl (C=O) groups excluding carboxylic acids is 1. The lowest BCUT2D eigenvalue weighted by molar-refractivity contribution is -0.136. The summed E-state index contributed by atoms with van der Waals surface area (Å²) in [5, 5.41) is 3.24. The number of nitrogens with zero attached hydrogens (tertiary/aromatic N) is 2. The van der Waals surface area contributed by atoms with Gasteiger partial charge in [0.2, 0.25) is 5.91 Å². The van der Waals surface area contributed by atoms with Crippen LogP contribution in [-0.4, -0.2) is 73.7 Å². The second-order valence-electron chi connectivity index (χ2n) is 7.15. The normalized spacial score (nSPS) is 26.7. The van der Waals surface area contributed by atoms with E-state index < -0.39 is 0 Å². The minimum Gasteiger partial charge on any atom is -0.379 e. The van der Waals surface area contributed by atoms with E-state index in [-0.39, 0.29) is 30.4 Å². The summed E-state index contributed by atoms with van der Waals surface area (Å²) < 4.78 is 5.51. The minimum atomic E-state index is 0. The van der Waals surface area contributed by atoms with Gasteiger partial charge in [0.1, 0.15) is 0 Å². The third kappa shape index (κ3) is 4.76. The van der Waals surface area contributed by atoms with Gasteiger partial charge in [-0.15, -0.1) is 24.8 Å². The third-order valence-electron chi connectivity index (χ3n) is 5.83. The molecule has 1 atom stereocenters. The van der Waals surface area contributed by atoms with Gasteiger partial charge in [-0.2, -0.15) is 0 Å². The standard InChI is InChI=1S/C17H31N3O2.2ClH/c1-18-14-15-5-4-8-20(15)16(21)13-17(6-2-3-7-17)19-9-11-22-12-10-19;;/h15,18H,2-14H2,1H3;2*1H. The largest absolute Gasteiger partial charge is 0.379 e. The van der Waals surface area contributed by atoms with Crippen molar-refractivity contribution >= 4 is 30.7 Å². The van der Waals surface area contributed by atoms with Crippen molar-refractivity contribution in [2.24, 2.45) is 0 Å². The number of carbonyl (C=O) groups is 1. The molecule has 5 nitrogen and oxygen atoms in total. The maximum Gasteiger partial charge on any atom is 0.224 e. The van der Waals surface area contributed by atoms with Gasteiger partial charge in [0.05, 0.1) is 13.2 Å². The molecule has 24 heavy (non-hydrogen) atoms. The van der Waals surface area contributed by atoms with E-state index in [0.29, 0.717) is 18.4 Å². The van der Waals surface area contributed by atoms with Gasteiger partial charge in [0, 0.05) is 44.2 Å². The number of hydrogen-bond acceptors (Lipinski definition) is 4. The lowest BCUT2D eigenvalue weighted by atomic mass is 9.89. The first kappa shape index (κ1) is 22.0. The number of rotatable bonds is 5. The van der Waals surface area contributed by atoms with Crippen molar-refractivity contribution in [3.63, 3.8) is 0 Å². The highest BCUT2D eigenvalue weighted by Gasteiger charge is 2.43. The molecule has 2 saturated heterocycles. The fourth-order valence-corrected chi connectivity index (χ4v) is 4.67.